The van der Waals surface area contributed by atoms with Gasteiger partial charge >= 0.3 is 6.03 Å². The molecule has 1 heterocycles. The summed E-state index contributed by atoms with van der Waals surface area (Å²) in [6.45, 7) is 2.30. The van der Waals surface area contributed by atoms with Crippen LogP contribution in [0.2, 0.25) is 0 Å². The molecule has 1 aromatic rings. The molecule has 0 spiro atoms. The van der Waals surface area contributed by atoms with Gasteiger partial charge in [-0.1, -0.05) is 18.1 Å². The molecule has 0 aromatic heterocycles. The third kappa shape index (κ3) is 2.81. The summed E-state index contributed by atoms with van der Waals surface area (Å²) in [6, 6.07) is 6.68. The number of rotatable bonds is 4. The van der Waals surface area contributed by atoms with Gasteiger partial charge in [0.25, 0.3) is 5.91 Å². The average molecular weight is 270 g/mol. The first-order chi connectivity index (χ1) is 9.65. The van der Waals surface area contributed by atoms with Gasteiger partial charge in [-0.2, -0.15) is 0 Å². The van der Waals surface area contributed by atoms with Crippen LogP contribution in [0.1, 0.15) is 12.5 Å². The Kier molecular flexibility index (Phi) is 4.06. The van der Waals surface area contributed by atoms with E-state index in [1.165, 1.54) is 0 Å². The van der Waals surface area contributed by atoms with Crippen molar-refractivity contribution in [2.24, 2.45) is 0 Å². The number of amides is 3. The van der Waals surface area contributed by atoms with Crippen LogP contribution in [0.5, 0.6) is 5.75 Å². The van der Waals surface area contributed by atoms with Crippen LogP contribution in [0.15, 0.2) is 30.0 Å². The zero-order chi connectivity index (χ0) is 14.5. The topological polar surface area (TPSA) is 58.6 Å². The summed E-state index contributed by atoms with van der Waals surface area (Å²) in [5, 5.41) is 2.54. The maximum absolute atomic E-state index is 11.9. The van der Waals surface area contributed by atoms with Gasteiger partial charge in [0.05, 0.1) is 0 Å². The molecule has 1 aromatic carbocycles. The van der Waals surface area contributed by atoms with Crippen molar-refractivity contribution < 1.29 is 14.3 Å². The molecule has 0 atom stereocenters. The van der Waals surface area contributed by atoms with Gasteiger partial charge in [-0.3, -0.25) is 9.69 Å². The van der Waals surface area contributed by atoms with Crippen molar-refractivity contribution in [2.75, 3.05) is 13.2 Å². The first-order valence-electron chi connectivity index (χ1n) is 6.16. The van der Waals surface area contributed by atoms with Gasteiger partial charge in [0, 0.05) is 6.54 Å². The first-order valence-corrected chi connectivity index (χ1v) is 6.16. The summed E-state index contributed by atoms with van der Waals surface area (Å²) in [4.78, 5) is 24.5. The fourth-order valence-corrected chi connectivity index (χ4v) is 1.81. The summed E-state index contributed by atoms with van der Waals surface area (Å²) < 4.78 is 5.25. The molecule has 0 aliphatic carbocycles. The highest BCUT2D eigenvalue weighted by molar-refractivity contribution is 6.13. The molecule has 1 aliphatic rings. The van der Waals surface area contributed by atoms with Gasteiger partial charge in [-0.05, 0) is 30.7 Å². The Balaban J connectivity index is 2.14. The van der Waals surface area contributed by atoms with Gasteiger partial charge in [-0.25, -0.2) is 4.79 Å². The number of hydrogen-bond donors (Lipinski definition) is 1. The van der Waals surface area contributed by atoms with E-state index in [-0.39, 0.29) is 18.2 Å². The number of hydrogen-bond acceptors (Lipinski definition) is 3. The van der Waals surface area contributed by atoms with Crippen molar-refractivity contribution in [1.29, 1.82) is 0 Å². The summed E-state index contributed by atoms with van der Waals surface area (Å²) >= 11 is 0. The molecule has 2 rings (SSSR count). The molecule has 1 saturated heterocycles. The number of carbonyl (C=O) groups is 2. The summed E-state index contributed by atoms with van der Waals surface area (Å²) in [5.74, 6) is 2.72. The van der Waals surface area contributed by atoms with Gasteiger partial charge < -0.3 is 10.1 Å². The second-order valence-corrected chi connectivity index (χ2v) is 4.10. The van der Waals surface area contributed by atoms with E-state index in [0.717, 1.165) is 10.5 Å². The molecule has 1 aliphatic heterocycles. The maximum atomic E-state index is 11.9. The predicted octanol–water partition coefficient (Wildman–Crippen LogP) is 1.61. The second-order valence-electron chi connectivity index (χ2n) is 4.10. The lowest BCUT2D eigenvalue weighted by Gasteiger charge is -2.06. The molecule has 0 saturated carbocycles. The van der Waals surface area contributed by atoms with E-state index >= 15 is 0 Å². The third-order valence-corrected chi connectivity index (χ3v) is 2.79. The summed E-state index contributed by atoms with van der Waals surface area (Å²) in [7, 11) is 0. The van der Waals surface area contributed by atoms with Crippen molar-refractivity contribution in [3.05, 3.63) is 35.5 Å². The number of nitrogens with one attached hydrogen (secondary N) is 1. The average Bonchev–Trinajstić information content (AvgIpc) is 2.72. The minimum atomic E-state index is -0.391. The monoisotopic (exact) mass is 270 g/mol. The SMILES string of the molecule is C#CCOc1ccc(/C=C2\NC(=O)N(CC)C2=O)cc1. The van der Waals surface area contributed by atoms with E-state index in [9.17, 15) is 9.59 Å². The van der Waals surface area contributed by atoms with E-state index in [0.29, 0.717) is 12.3 Å². The van der Waals surface area contributed by atoms with Crippen LogP contribution in [0.25, 0.3) is 6.08 Å². The Morgan fingerprint density at radius 1 is 1.35 bits per heavy atom. The number of terminal acetylenes is 1. The highest BCUT2D eigenvalue weighted by Crippen LogP contribution is 2.17. The Morgan fingerprint density at radius 2 is 2.05 bits per heavy atom. The molecular formula is C15H14N2O3. The smallest absolute Gasteiger partial charge is 0.328 e. The highest BCUT2D eigenvalue weighted by Gasteiger charge is 2.31. The Hall–Kier alpha value is -2.74. The molecule has 20 heavy (non-hydrogen) atoms. The van der Waals surface area contributed by atoms with Crippen LogP contribution in [-0.2, 0) is 4.79 Å². The third-order valence-electron chi connectivity index (χ3n) is 2.79. The lowest BCUT2D eigenvalue weighted by atomic mass is 10.2. The molecule has 0 unspecified atom stereocenters. The standard InChI is InChI=1S/C15H14N2O3/c1-3-9-20-12-7-5-11(6-8-12)10-13-14(18)17(4-2)15(19)16-13/h1,5-8,10H,4,9H2,2H3,(H,16,19)/b13-10-. The zero-order valence-corrected chi connectivity index (χ0v) is 11.1. The normalized spacial score (nSPS) is 16.2. The number of carbonyl (C=O) groups excluding carboxylic acids is 2. The Morgan fingerprint density at radius 3 is 2.60 bits per heavy atom. The zero-order valence-electron chi connectivity index (χ0n) is 11.1. The lowest BCUT2D eigenvalue weighted by molar-refractivity contribution is -0.122. The van der Waals surface area contributed by atoms with Crippen molar-refractivity contribution in [2.45, 2.75) is 6.92 Å². The Bertz CT molecular complexity index is 597. The fraction of sp³-hybridized carbons (Fsp3) is 0.200. The molecule has 102 valence electrons. The molecule has 5 heteroatoms. The highest BCUT2D eigenvalue weighted by atomic mass is 16.5. The minimum Gasteiger partial charge on any atom is -0.481 e. The number of urea groups is 1. The van der Waals surface area contributed by atoms with Crippen LogP contribution in [0.4, 0.5) is 4.79 Å². The first kappa shape index (κ1) is 13.7. The van der Waals surface area contributed by atoms with Crippen LogP contribution in [-0.4, -0.2) is 30.0 Å². The van der Waals surface area contributed by atoms with Crippen molar-refractivity contribution in [1.82, 2.24) is 10.2 Å². The fourth-order valence-electron chi connectivity index (χ4n) is 1.81. The van der Waals surface area contributed by atoms with Crippen LogP contribution in [0, 0.1) is 12.3 Å². The van der Waals surface area contributed by atoms with Crippen LogP contribution >= 0.6 is 0 Å². The molecule has 0 radical (unpaired) electrons. The van der Waals surface area contributed by atoms with E-state index in [1.54, 1.807) is 37.3 Å². The van der Waals surface area contributed by atoms with Crippen molar-refractivity contribution in [3.63, 3.8) is 0 Å². The van der Waals surface area contributed by atoms with E-state index in [1.807, 2.05) is 0 Å². The minimum absolute atomic E-state index is 0.209. The summed E-state index contributed by atoms with van der Waals surface area (Å²) in [5.41, 5.74) is 1.06. The number of benzene rings is 1. The molecule has 5 nitrogen and oxygen atoms in total. The van der Waals surface area contributed by atoms with Gasteiger partial charge in [0.2, 0.25) is 0 Å². The molecule has 1 N–H and O–H groups in total. The largest absolute Gasteiger partial charge is 0.481 e. The molecule has 3 amide bonds. The van der Waals surface area contributed by atoms with Crippen molar-refractivity contribution in [3.8, 4) is 18.1 Å². The summed E-state index contributed by atoms with van der Waals surface area (Å²) in [6.07, 6.45) is 6.73. The quantitative estimate of drug-likeness (QED) is 0.514. The van der Waals surface area contributed by atoms with Gasteiger partial charge in [0.15, 0.2) is 0 Å². The van der Waals surface area contributed by atoms with E-state index in [4.69, 9.17) is 11.2 Å². The lowest BCUT2D eigenvalue weighted by Crippen LogP contribution is -2.30. The number of likely N-dealkylation sites (N-methyl/N-ethyl adjacent to an activating group) is 1. The van der Waals surface area contributed by atoms with Crippen molar-refractivity contribution >= 4 is 18.0 Å². The van der Waals surface area contributed by atoms with Crippen LogP contribution < -0.4 is 10.1 Å². The van der Waals surface area contributed by atoms with Gasteiger partial charge in [0.1, 0.15) is 18.1 Å². The molecule has 0 bridgehead atoms. The van der Waals surface area contributed by atoms with E-state index < -0.39 is 6.03 Å². The van der Waals surface area contributed by atoms with Crippen LogP contribution in [0.3, 0.4) is 0 Å². The predicted molar refractivity (Wildman–Crippen MR) is 74.7 cm³/mol. The number of ether oxygens (including phenoxy) is 1. The molecule has 1 fully saturated rings. The number of nitrogens with zero attached hydrogens (tertiary/aromatic N) is 1. The second kappa shape index (κ2) is 5.93. The van der Waals surface area contributed by atoms with Gasteiger partial charge in [-0.15, -0.1) is 6.42 Å². The number of imide groups is 1. The Labute approximate surface area is 117 Å². The van der Waals surface area contributed by atoms with E-state index in [2.05, 4.69) is 11.2 Å². The molecular weight excluding hydrogens is 256 g/mol. The maximum Gasteiger partial charge on any atom is 0.328 e.